The largest absolute Gasteiger partial charge is 0.466 e. The average molecular weight is 991 g/mol. The second-order valence-corrected chi connectivity index (χ2v) is 14.9. The number of carbonyl (C=O) groups excluding carboxylic acids is 8. The van der Waals surface area contributed by atoms with Gasteiger partial charge in [-0.25, -0.2) is 75.3 Å². The van der Waals surface area contributed by atoms with E-state index < -0.39 is 135 Å². The molecule has 0 aliphatic rings. The number of aliphatic imine (C=N–C) groups is 2. The molecule has 0 N–H and O–H groups in total. The summed E-state index contributed by atoms with van der Waals surface area (Å²) in [7, 11) is 0. The summed E-state index contributed by atoms with van der Waals surface area (Å²) in [6.45, 7) is 6.30. The minimum Gasteiger partial charge on any atom is -0.466 e. The van der Waals surface area contributed by atoms with Gasteiger partial charge >= 0.3 is 70.0 Å². The number of ether oxygens (including phenoxy) is 6. The molecule has 28 heteroatoms. The molecule has 0 aliphatic heterocycles. The van der Waals surface area contributed by atoms with Gasteiger partial charge in [-0.15, -0.1) is 0 Å². The zero-order valence-corrected chi connectivity index (χ0v) is 38.9. The quantitative estimate of drug-likeness (QED) is 0.0193. The lowest BCUT2D eigenvalue weighted by Crippen LogP contribution is -2.54. The van der Waals surface area contributed by atoms with Crippen molar-refractivity contribution in [2.75, 3.05) is 39.6 Å². The Labute approximate surface area is 396 Å². The molecule has 1 unspecified atom stereocenters. The van der Waals surface area contributed by atoms with Gasteiger partial charge in [-0.3, -0.25) is 19.2 Å². The van der Waals surface area contributed by atoms with Crippen molar-refractivity contribution in [2.24, 2.45) is 15.9 Å². The first kappa shape index (κ1) is 58.0. The number of hydrogen-bond acceptors (Lipinski definition) is 22. The monoisotopic (exact) mass is 990 g/mol. The number of isocyanates is 2. The molecule has 70 heavy (non-hydrogen) atoms. The van der Waals surface area contributed by atoms with E-state index in [4.69, 9.17) is 28.4 Å². The van der Waals surface area contributed by atoms with Crippen molar-refractivity contribution in [3.05, 3.63) is 87.2 Å². The topological polar surface area (TPSA) is 349 Å². The smallest absolute Gasteiger partial charge is 0.337 e. The standard InChI is InChI=1S/C42H54N8O20/c1-6-30(13-19-66-32(54)10-15-46-38(60)48(42(64)50(40(46)62)25-44-27-52)17-12-34(56)68-21-23-70-36(58)29(4)5)8-7-18-65-31(53)9-14-45-37(59)47(41(63)49(39(45)61)24-43-26-51)16-11-33(55)67-20-22-69-35(57)28(2)3/h30H,2,4,6-25H2,1,3,5H3. The molecule has 0 aromatic carbocycles. The Kier molecular flexibility index (Phi) is 25.1. The number of rotatable bonds is 32. The maximum Gasteiger partial charge on any atom is 0.337 e. The molecule has 28 nitrogen and oxygen atoms in total. The Bertz CT molecular complexity index is 2720. The van der Waals surface area contributed by atoms with Crippen molar-refractivity contribution in [3.63, 3.8) is 0 Å². The SMILES string of the molecule is C=C(C)C(=O)OCCOC(=O)CCn1c(=O)n(CCC(=O)OCCCC(CC)CCOC(=O)CCn2c(=O)n(CCC(=O)OCCOC(=O)C(=C)C)c(=O)n(CN=C=O)c2=O)c(=O)n(CN=C=O)c1=O. The average Bonchev–Trinajstić information content (AvgIpc) is 3.31. The van der Waals surface area contributed by atoms with Crippen molar-refractivity contribution in [1.29, 1.82) is 0 Å². The van der Waals surface area contributed by atoms with E-state index in [1.165, 1.54) is 26.0 Å². The molecule has 0 radical (unpaired) electrons. The molecule has 382 valence electrons. The lowest BCUT2D eigenvalue weighted by molar-refractivity contribution is -0.150. The zero-order valence-electron chi connectivity index (χ0n) is 38.9. The van der Waals surface area contributed by atoms with Crippen molar-refractivity contribution in [2.45, 2.75) is 112 Å². The molecule has 0 aliphatic carbocycles. The highest BCUT2D eigenvalue weighted by Crippen LogP contribution is 2.16. The van der Waals surface area contributed by atoms with Crippen molar-refractivity contribution in [1.82, 2.24) is 27.4 Å². The van der Waals surface area contributed by atoms with Gasteiger partial charge in [-0.05, 0) is 39.0 Å². The Morgan fingerprint density at radius 1 is 0.471 bits per heavy atom. The summed E-state index contributed by atoms with van der Waals surface area (Å²) < 4.78 is 33.0. The van der Waals surface area contributed by atoms with E-state index in [1.807, 2.05) is 6.92 Å². The predicted octanol–water partition coefficient (Wildman–Crippen LogP) is -1.89. The molecule has 2 aromatic heterocycles. The van der Waals surface area contributed by atoms with Gasteiger partial charge in [0.05, 0.1) is 38.9 Å². The summed E-state index contributed by atoms with van der Waals surface area (Å²) in [5.41, 5.74) is -6.85. The summed E-state index contributed by atoms with van der Waals surface area (Å²) in [6.07, 6.45) is 2.15. The van der Waals surface area contributed by atoms with Crippen LogP contribution in [0.3, 0.4) is 0 Å². The van der Waals surface area contributed by atoms with Crippen LogP contribution in [0, 0.1) is 5.92 Å². The predicted molar refractivity (Wildman–Crippen MR) is 236 cm³/mol. The van der Waals surface area contributed by atoms with E-state index in [1.54, 1.807) is 0 Å². The van der Waals surface area contributed by atoms with Crippen molar-refractivity contribution in [3.8, 4) is 0 Å². The van der Waals surface area contributed by atoms with Gasteiger partial charge in [0.25, 0.3) is 0 Å². The molecule has 0 spiro atoms. The molecular formula is C42H54N8O20. The minimum absolute atomic E-state index is 0.0234. The van der Waals surface area contributed by atoms with Gasteiger partial charge < -0.3 is 28.4 Å². The van der Waals surface area contributed by atoms with E-state index in [0.717, 1.165) is 0 Å². The van der Waals surface area contributed by atoms with Crippen LogP contribution >= 0.6 is 0 Å². The lowest BCUT2D eigenvalue weighted by atomic mass is 9.97. The van der Waals surface area contributed by atoms with Gasteiger partial charge in [-0.1, -0.05) is 26.5 Å². The molecular weight excluding hydrogens is 936 g/mol. The summed E-state index contributed by atoms with van der Waals surface area (Å²) in [4.78, 5) is 179. The van der Waals surface area contributed by atoms with E-state index in [0.29, 0.717) is 53.1 Å². The maximum absolute atomic E-state index is 13.2. The molecule has 0 bridgehead atoms. The van der Waals surface area contributed by atoms with E-state index in [2.05, 4.69) is 23.1 Å². The zero-order chi connectivity index (χ0) is 52.3. The van der Waals surface area contributed by atoms with Gasteiger partial charge in [-0.2, -0.15) is 9.98 Å². The lowest BCUT2D eigenvalue weighted by Gasteiger charge is -2.15. The van der Waals surface area contributed by atoms with Crippen molar-refractivity contribution >= 4 is 48.0 Å². The number of nitrogens with zero attached hydrogens (tertiary/aromatic N) is 8. The molecule has 2 heterocycles. The number of carbonyl (C=O) groups is 6. The fraction of sp³-hybridized carbons (Fsp3) is 0.571. The van der Waals surface area contributed by atoms with Crippen LogP contribution in [0.15, 0.2) is 63.1 Å². The van der Waals surface area contributed by atoms with Crippen LogP contribution in [0.1, 0.15) is 72.1 Å². The Morgan fingerprint density at radius 2 is 0.771 bits per heavy atom. The summed E-state index contributed by atoms with van der Waals surface area (Å²) in [6, 6.07) is 0. The number of aromatic nitrogens is 6. The molecule has 1 atom stereocenters. The molecule has 0 saturated heterocycles. The Balaban J connectivity index is 1.93. The molecule has 0 fully saturated rings. The highest BCUT2D eigenvalue weighted by Gasteiger charge is 2.20. The summed E-state index contributed by atoms with van der Waals surface area (Å²) >= 11 is 0. The molecule has 0 amide bonds. The first-order valence-electron chi connectivity index (χ1n) is 21.5. The van der Waals surface area contributed by atoms with Crippen LogP contribution in [0.2, 0.25) is 0 Å². The van der Waals surface area contributed by atoms with Crippen LogP contribution in [-0.2, 0) is 106 Å². The first-order chi connectivity index (χ1) is 33.3. The van der Waals surface area contributed by atoms with Gasteiger partial charge in [0, 0.05) is 37.3 Å². The van der Waals surface area contributed by atoms with Crippen LogP contribution in [0.25, 0.3) is 0 Å². The Morgan fingerprint density at radius 3 is 1.09 bits per heavy atom. The second kappa shape index (κ2) is 30.3. The summed E-state index contributed by atoms with van der Waals surface area (Å²) in [5, 5.41) is 0. The maximum atomic E-state index is 13.2. The second-order valence-electron chi connectivity index (χ2n) is 14.9. The van der Waals surface area contributed by atoms with Crippen LogP contribution in [0.4, 0.5) is 0 Å². The van der Waals surface area contributed by atoms with Crippen LogP contribution in [-0.4, -0.2) is 115 Å². The molecule has 2 aromatic rings. The van der Waals surface area contributed by atoms with Gasteiger partial charge in [0.1, 0.15) is 39.8 Å². The number of hydrogen-bond donors (Lipinski definition) is 0. The van der Waals surface area contributed by atoms with Crippen LogP contribution in [0.5, 0.6) is 0 Å². The normalized spacial score (nSPS) is 11.0. The third-order valence-corrected chi connectivity index (χ3v) is 9.72. The highest BCUT2D eigenvalue weighted by molar-refractivity contribution is 5.87. The Hall–Kier alpha value is -8.12. The van der Waals surface area contributed by atoms with E-state index in [9.17, 15) is 67.1 Å². The van der Waals surface area contributed by atoms with E-state index in [-0.39, 0.29) is 56.7 Å². The minimum atomic E-state index is -1.20. The fourth-order valence-corrected chi connectivity index (χ4v) is 5.95. The third kappa shape index (κ3) is 18.9. The third-order valence-electron chi connectivity index (χ3n) is 9.72. The number of esters is 6. The van der Waals surface area contributed by atoms with E-state index >= 15 is 0 Å². The first-order valence-corrected chi connectivity index (χ1v) is 21.5. The fourth-order valence-electron chi connectivity index (χ4n) is 5.95. The highest BCUT2D eigenvalue weighted by atomic mass is 16.6. The van der Waals surface area contributed by atoms with Gasteiger partial charge in [0.15, 0.2) is 0 Å². The van der Waals surface area contributed by atoms with Crippen molar-refractivity contribution < 1.29 is 66.8 Å². The molecule has 2 rings (SSSR count). The van der Waals surface area contributed by atoms with Crippen LogP contribution < -0.4 is 34.1 Å². The summed E-state index contributed by atoms with van der Waals surface area (Å²) in [5.74, 6) is -4.81. The van der Waals surface area contributed by atoms with Gasteiger partial charge in [0.2, 0.25) is 12.2 Å². The molecule has 0 saturated carbocycles.